The number of hydrogen-bond donors (Lipinski definition) is 0. The van der Waals surface area contributed by atoms with Crippen LogP contribution < -0.4 is 4.90 Å². The van der Waals surface area contributed by atoms with Crippen LogP contribution in [0.25, 0.3) is 11.1 Å². The Bertz CT molecular complexity index is 581. The van der Waals surface area contributed by atoms with E-state index in [1.807, 2.05) is 18.5 Å². The average Bonchev–Trinajstić information content (AvgIpc) is 3.01. The van der Waals surface area contributed by atoms with Crippen molar-refractivity contribution in [1.29, 1.82) is 0 Å². The molecule has 0 amide bonds. The molecule has 2 unspecified atom stereocenters. The highest BCUT2D eigenvalue weighted by molar-refractivity contribution is 5.60. The van der Waals surface area contributed by atoms with Gasteiger partial charge in [-0.3, -0.25) is 4.90 Å². The van der Waals surface area contributed by atoms with E-state index in [1.54, 1.807) is 12.5 Å². The zero-order chi connectivity index (χ0) is 14.2. The van der Waals surface area contributed by atoms with Crippen LogP contribution in [0.1, 0.15) is 19.3 Å². The Kier molecular flexibility index (Phi) is 3.15. The molecular weight excluding hydrogens is 264 g/mol. The van der Waals surface area contributed by atoms with Crippen LogP contribution in [0.2, 0.25) is 0 Å². The summed E-state index contributed by atoms with van der Waals surface area (Å²) in [6.07, 6.45) is 11.1. The summed E-state index contributed by atoms with van der Waals surface area (Å²) in [6, 6.07) is 3.22. The third kappa shape index (κ3) is 2.31. The maximum Gasteiger partial charge on any atom is 0.225 e. The second-order valence-electron chi connectivity index (χ2n) is 6.09. The van der Waals surface area contributed by atoms with E-state index >= 15 is 0 Å². The molecular formula is C16H20N4O. The standard InChI is InChI=1S/C16H20N4O/c1-19-14-3-2-4-15(19)10-20(9-14)16-17-7-13(8-18-16)12-5-6-21-11-12/h5-8,11,14-15H,2-4,9-10H2,1H3. The number of fused-ring (bicyclic) bond motifs is 2. The third-order valence-electron chi connectivity index (χ3n) is 4.86. The molecule has 2 saturated heterocycles. The van der Waals surface area contributed by atoms with Gasteiger partial charge in [0.15, 0.2) is 0 Å². The van der Waals surface area contributed by atoms with E-state index in [0.717, 1.165) is 30.2 Å². The number of hydrogen-bond acceptors (Lipinski definition) is 5. The van der Waals surface area contributed by atoms with Gasteiger partial charge in [0.1, 0.15) is 0 Å². The lowest BCUT2D eigenvalue weighted by Crippen LogP contribution is -2.59. The number of aromatic nitrogens is 2. The summed E-state index contributed by atoms with van der Waals surface area (Å²) in [5.74, 6) is 0.854. The van der Waals surface area contributed by atoms with Crippen LogP contribution in [0, 0.1) is 0 Å². The lowest BCUT2D eigenvalue weighted by Gasteiger charge is -2.48. The van der Waals surface area contributed by atoms with Crippen LogP contribution in [0.4, 0.5) is 5.95 Å². The van der Waals surface area contributed by atoms with Gasteiger partial charge in [-0.15, -0.1) is 0 Å². The molecule has 2 aliphatic heterocycles. The molecule has 5 nitrogen and oxygen atoms in total. The molecule has 2 aliphatic rings. The van der Waals surface area contributed by atoms with Crippen molar-refractivity contribution in [2.45, 2.75) is 31.3 Å². The first-order valence-corrected chi connectivity index (χ1v) is 7.63. The summed E-state index contributed by atoms with van der Waals surface area (Å²) in [6.45, 7) is 2.08. The minimum Gasteiger partial charge on any atom is -0.472 e. The molecule has 0 aromatic carbocycles. The molecule has 21 heavy (non-hydrogen) atoms. The maximum atomic E-state index is 5.11. The maximum absolute atomic E-state index is 5.11. The van der Waals surface area contributed by atoms with Gasteiger partial charge in [0.2, 0.25) is 5.95 Å². The van der Waals surface area contributed by atoms with Crippen molar-refractivity contribution < 1.29 is 4.42 Å². The number of rotatable bonds is 2. The lowest BCUT2D eigenvalue weighted by atomic mass is 9.92. The zero-order valence-corrected chi connectivity index (χ0v) is 12.3. The van der Waals surface area contributed by atoms with Crippen molar-refractivity contribution in [1.82, 2.24) is 14.9 Å². The van der Waals surface area contributed by atoms with Gasteiger partial charge in [0, 0.05) is 48.7 Å². The predicted octanol–water partition coefficient (Wildman–Crippen LogP) is 2.41. The molecule has 0 aliphatic carbocycles. The van der Waals surface area contributed by atoms with E-state index in [2.05, 4.69) is 26.8 Å². The third-order valence-corrected chi connectivity index (χ3v) is 4.86. The Hall–Kier alpha value is -1.88. The number of furan rings is 1. The second kappa shape index (κ2) is 5.15. The SMILES string of the molecule is CN1C2CCCC1CN(c1ncc(-c3ccoc3)cn1)C2. The van der Waals surface area contributed by atoms with Gasteiger partial charge in [0.05, 0.1) is 12.5 Å². The number of anilines is 1. The Morgan fingerprint density at radius 2 is 1.81 bits per heavy atom. The minimum atomic E-state index is 0.648. The summed E-state index contributed by atoms with van der Waals surface area (Å²) in [5, 5.41) is 0. The Morgan fingerprint density at radius 3 is 2.43 bits per heavy atom. The van der Waals surface area contributed by atoms with E-state index < -0.39 is 0 Å². The highest BCUT2D eigenvalue weighted by Gasteiger charge is 2.35. The number of likely N-dealkylation sites (N-methyl/N-ethyl adjacent to an activating group) is 1. The van der Waals surface area contributed by atoms with Crippen LogP contribution in [0.3, 0.4) is 0 Å². The molecule has 2 aromatic heterocycles. The lowest BCUT2D eigenvalue weighted by molar-refractivity contribution is 0.0943. The largest absolute Gasteiger partial charge is 0.472 e. The molecule has 110 valence electrons. The molecule has 2 aromatic rings. The summed E-state index contributed by atoms with van der Waals surface area (Å²) in [7, 11) is 2.26. The van der Waals surface area contributed by atoms with Gasteiger partial charge in [-0.1, -0.05) is 6.42 Å². The predicted molar refractivity (Wildman–Crippen MR) is 81.1 cm³/mol. The van der Waals surface area contributed by atoms with E-state index in [9.17, 15) is 0 Å². The number of piperazine rings is 1. The highest BCUT2D eigenvalue weighted by Crippen LogP contribution is 2.29. The van der Waals surface area contributed by atoms with Crippen molar-refractivity contribution in [2.24, 2.45) is 0 Å². The molecule has 2 bridgehead atoms. The van der Waals surface area contributed by atoms with E-state index in [1.165, 1.54) is 19.3 Å². The quantitative estimate of drug-likeness (QED) is 0.847. The molecule has 4 heterocycles. The van der Waals surface area contributed by atoms with Crippen LogP contribution in [0.5, 0.6) is 0 Å². The molecule has 4 rings (SSSR count). The smallest absolute Gasteiger partial charge is 0.225 e. The highest BCUT2D eigenvalue weighted by atomic mass is 16.3. The molecule has 0 saturated carbocycles. The van der Waals surface area contributed by atoms with Gasteiger partial charge in [-0.2, -0.15) is 0 Å². The molecule has 2 atom stereocenters. The van der Waals surface area contributed by atoms with Crippen LogP contribution in [0.15, 0.2) is 35.4 Å². The summed E-state index contributed by atoms with van der Waals surface area (Å²) in [4.78, 5) is 14.0. The summed E-state index contributed by atoms with van der Waals surface area (Å²) >= 11 is 0. The fourth-order valence-corrected chi connectivity index (χ4v) is 3.54. The van der Waals surface area contributed by atoms with Crippen LogP contribution >= 0.6 is 0 Å². The second-order valence-corrected chi connectivity index (χ2v) is 6.09. The van der Waals surface area contributed by atoms with Crippen LogP contribution in [-0.4, -0.2) is 47.1 Å². The first kappa shape index (κ1) is 12.8. The normalized spacial score (nSPS) is 26.0. The number of piperidine rings is 1. The monoisotopic (exact) mass is 284 g/mol. The van der Waals surface area contributed by atoms with Gasteiger partial charge in [-0.25, -0.2) is 9.97 Å². The van der Waals surface area contributed by atoms with Gasteiger partial charge < -0.3 is 9.32 Å². The first-order valence-electron chi connectivity index (χ1n) is 7.63. The Morgan fingerprint density at radius 1 is 1.10 bits per heavy atom. The summed E-state index contributed by atoms with van der Waals surface area (Å²) in [5.41, 5.74) is 2.03. The molecule has 2 fully saturated rings. The summed E-state index contributed by atoms with van der Waals surface area (Å²) < 4.78 is 5.11. The zero-order valence-electron chi connectivity index (χ0n) is 12.3. The van der Waals surface area contributed by atoms with Gasteiger partial charge in [-0.05, 0) is 26.0 Å². The van der Waals surface area contributed by atoms with E-state index in [-0.39, 0.29) is 0 Å². The van der Waals surface area contributed by atoms with Gasteiger partial charge in [0.25, 0.3) is 0 Å². The molecule has 5 heteroatoms. The Labute approximate surface area is 124 Å². The van der Waals surface area contributed by atoms with Crippen molar-refractivity contribution in [3.8, 4) is 11.1 Å². The first-order chi connectivity index (χ1) is 10.3. The van der Waals surface area contributed by atoms with Crippen molar-refractivity contribution >= 4 is 5.95 Å². The van der Waals surface area contributed by atoms with Crippen molar-refractivity contribution in [3.05, 3.63) is 31.0 Å². The van der Waals surface area contributed by atoms with Crippen molar-refractivity contribution in [2.75, 3.05) is 25.0 Å². The molecule has 0 N–H and O–H groups in total. The molecule has 0 radical (unpaired) electrons. The van der Waals surface area contributed by atoms with E-state index in [4.69, 9.17) is 4.42 Å². The topological polar surface area (TPSA) is 45.4 Å². The average molecular weight is 284 g/mol. The van der Waals surface area contributed by atoms with Crippen LogP contribution in [-0.2, 0) is 0 Å². The molecule has 0 spiro atoms. The fraction of sp³-hybridized carbons (Fsp3) is 0.500. The van der Waals surface area contributed by atoms with E-state index in [0.29, 0.717) is 12.1 Å². The van der Waals surface area contributed by atoms with Gasteiger partial charge >= 0.3 is 0 Å². The number of nitrogens with zero attached hydrogens (tertiary/aromatic N) is 4. The Balaban J connectivity index is 1.54. The minimum absolute atomic E-state index is 0.648. The fourth-order valence-electron chi connectivity index (χ4n) is 3.54. The van der Waals surface area contributed by atoms with Crippen molar-refractivity contribution in [3.63, 3.8) is 0 Å².